The third kappa shape index (κ3) is 5.24. The molecular weight excluding hydrogens is 410 g/mol. The van der Waals surface area contributed by atoms with Gasteiger partial charge in [0.05, 0.1) is 17.6 Å². The number of aromatic nitrogens is 2. The molecule has 0 bridgehead atoms. The lowest BCUT2D eigenvalue weighted by Gasteiger charge is -2.33. The fraction of sp³-hybridized carbons (Fsp3) is 0.348. The van der Waals surface area contributed by atoms with E-state index < -0.39 is 17.7 Å². The summed E-state index contributed by atoms with van der Waals surface area (Å²) in [6.45, 7) is 4.39. The van der Waals surface area contributed by atoms with Crippen molar-refractivity contribution >= 4 is 23.0 Å². The van der Waals surface area contributed by atoms with Gasteiger partial charge in [-0.25, -0.2) is 14.2 Å². The molecule has 0 saturated carbocycles. The second kappa shape index (κ2) is 9.80. The van der Waals surface area contributed by atoms with E-state index in [-0.39, 0.29) is 6.54 Å². The number of rotatable bonds is 7. The highest BCUT2D eigenvalue weighted by molar-refractivity contribution is 5.89. The van der Waals surface area contributed by atoms with Crippen molar-refractivity contribution < 1.29 is 14.7 Å². The molecule has 9 nitrogen and oxygen atoms in total. The summed E-state index contributed by atoms with van der Waals surface area (Å²) in [6, 6.07) is 14.8. The Kier molecular flexibility index (Phi) is 6.67. The number of benzene rings is 2. The van der Waals surface area contributed by atoms with Crippen molar-refractivity contribution in [3.63, 3.8) is 0 Å². The van der Waals surface area contributed by atoms with Crippen molar-refractivity contribution in [2.75, 3.05) is 39.3 Å². The molecule has 0 spiro atoms. The molecule has 3 N–H and O–H groups in total. The molecule has 1 aromatic heterocycles. The summed E-state index contributed by atoms with van der Waals surface area (Å²) in [5, 5.41) is 11.7. The second-order valence-corrected chi connectivity index (χ2v) is 8.02. The lowest BCUT2D eigenvalue weighted by Crippen LogP contribution is -2.48. The fourth-order valence-electron chi connectivity index (χ4n) is 4.01. The van der Waals surface area contributed by atoms with Crippen LogP contribution in [-0.4, -0.2) is 75.7 Å². The number of hydrogen-bond acceptors (Lipinski definition) is 5. The minimum absolute atomic E-state index is 0.0852. The number of carbonyl (C=O) groups is 2. The lowest BCUT2D eigenvalue weighted by molar-refractivity contribution is -0.138. The van der Waals surface area contributed by atoms with E-state index >= 15 is 0 Å². The monoisotopic (exact) mass is 437 g/mol. The van der Waals surface area contributed by atoms with Crippen LogP contribution in [-0.2, 0) is 17.8 Å². The molecule has 2 heterocycles. The number of nitrogens with zero attached hydrogens (tertiary/aromatic N) is 3. The van der Waals surface area contributed by atoms with E-state index in [1.54, 1.807) is 0 Å². The van der Waals surface area contributed by atoms with Crippen LogP contribution in [0.1, 0.15) is 11.1 Å². The summed E-state index contributed by atoms with van der Waals surface area (Å²) in [5.74, 6) is -0.794. The van der Waals surface area contributed by atoms with Gasteiger partial charge >= 0.3 is 17.7 Å². The number of carboxylic acids is 1. The Bertz CT molecular complexity index is 1150. The quantitative estimate of drug-likeness (QED) is 0.514. The topological polar surface area (TPSA) is 111 Å². The molecule has 0 atom stereocenters. The molecule has 9 heteroatoms. The van der Waals surface area contributed by atoms with Crippen molar-refractivity contribution in [1.29, 1.82) is 0 Å². The largest absolute Gasteiger partial charge is 0.480 e. The van der Waals surface area contributed by atoms with Crippen molar-refractivity contribution in [3.05, 3.63) is 70.1 Å². The Balaban J connectivity index is 1.39. The fourth-order valence-corrected chi connectivity index (χ4v) is 4.01. The summed E-state index contributed by atoms with van der Waals surface area (Å²) in [7, 11) is 0. The molecule has 32 heavy (non-hydrogen) atoms. The molecule has 3 aromatic rings. The average Bonchev–Trinajstić information content (AvgIpc) is 3.12. The second-order valence-electron chi connectivity index (χ2n) is 8.02. The molecule has 0 radical (unpaired) electrons. The third-order valence-electron chi connectivity index (χ3n) is 5.78. The van der Waals surface area contributed by atoms with E-state index in [1.807, 2.05) is 53.4 Å². The van der Waals surface area contributed by atoms with Gasteiger partial charge in [-0.2, -0.15) is 0 Å². The van der Waals surface area contributed by atoms with Gasteiger partial charge in [-0.3, -0.25) is 9.69 Å². The standard InChI is InChI=1S/C23H27N5O4/c29-21(30)16-27-12-10-26(11-13-27)9-8-17-6-7-19-20(14-17)28(23(32)25-19)22(31)24-15-18-4-2-1-3-5-18/h1-7,14H,8-13,15-16H2,(H,24,31)(H,25,32)(H,29,30). The first-order valence-electron chi connectivity index (χ1n) is 10.7. The predicted octanol–water partition coefficient (Wildman–Crippen LogP) is 1.33. The van der Waals surface area contributed by atoms with E-state index in [2.05, 4.69) is 15.2 Å². The van der Waals surface area contributed by atoms with E-state index in [1.165, 1.54) is 0 Å². The number of nitrogens with one attached hydrogen (secondary N) is 2. The Hall–Kier alpha value is -3.43. The van der Waals surface area contributed by atoms with Crippen LogP contribution < -0.4 is 11.0 Å². The highest BCUT2D eigenvalue weighted by Gasteiger charge is 2.19. The van der Waals surface area contributed by atoms with Crippen molar-refractivity contribution in [3.8, 4) is 0 Å². The van der Waals surface area contributed by atoms with Gasteiger partial charge in [-0.05, 0) is 29.7 Å². The number of carbonyl (C=O) groups excluding carboxylic acids is 1. The number of H-pyrrole nitrogens is 1. The smallest absolute Gasteiger partial charge is 0.334 e. The summed E-state index contributed by atoms with van der Waals surface area (Å²) >= 11 is 0. The third-order valence-corrected chi connectivity index (χ3v) is 5.78. The maximum Gasteiger partial charge on any atom is 0.334 e. The Labute approximate surface area is 185 Å². The number of carboxylic acid groups (broad SMARTS) is 1. The number of aliphatic carboxylic acids is 1. The molecular formula is C23H27N5O4. The van der Waals surface area contributed by atoms with E-state index in [0.717, 1.165) is 54.8 Å². The maximum atomic E-state index is 12.7. The average molecular weight is 438 g/mol. The Morgan fingerprint density at radius 3 is 2.41 bits per heavy atom. The van der Waals surface area contributed by atoms with Gasteiger partial charge in [0.1, 0.15) is 0 Å². The summed E-state index contributed by atoms with van der Waals surface area (Å²) in [4.78, 5) is 43.0. The zero-order valence-electron chi connectivity index (χ0n) is 17.8. The number of amides is 1. The normalized spacial score (nSPS) is 15.1. The van der Waals surface area contributed by atoms with Crippen LogP contribution in [0.5, 0.6) is 0 Å². The van der Waals surface area contributed by atoms with Crippen LogP contribution in [0.25, 0.3) is 11.0 Å². The molecule has 0 aliphatic carbocycles. The van der Waals surface area contributed by atoms with Gasteiger partial charge in [0.15, 0.2) is 0 Å². The van der Waals surface area contributed by atoms with E-state index in [9.17, 15) is 14.4 Å². The molecule has 2 aromatic carbocycles. The Morgan fingerprint density at radius 1 is 0.969 bits per heavy atom. The van der Waals surface area contributed by atoms with Gasteiger partial charge in [0, 0.05) is 39.3 Å². The number of aromatic amines is 1. The van der Waals surface area contributed by atoms with Crippen molar-refractivity contribution in [1.82, 2.24) is 24.7 Å². The number of hydrogen-bond donors (Lipinski definition) is 3. The van der Waals surface area contributed by atoms with Crippen LogP contribution in [0.3, 0.4) is 0 Å². The van der Waals surface area contributed by atoms with Crippen LogP contribution >= 0.6 is 0 Å². The zero-order valence-corrected chi connectivity index (χ0v) is 17.8. The molecule has 1 fully saturated rings. The zero-order chi connectivity index (χ0) is 22.5. The number of piperazine rings is 1. The van der Waals surface area contributed by atoms with Crippen molar-refractivity contribution in [2.24, 2.45) is 0 Å². The summed E-state index contributed by atoms with van der Waals surface area (Å²) < 4.78 is 1.15. The highest BCUT2D eigenvalue weighted by Crippen LogP contribution is 2.14. The lowest BCUT2D eigenvalue weighted by atomic mass is 10.1. The van der Waals surface area contributed by atoms with Crippen LogP contribution in [0, 0.1) is 0 Å². The summed E-state index contributed by atoms with van der Waals surface area (Å²) in [6.07, 6.45) is 0.778. The number of imidazole rings is 1. The predicted molar refractivity (Wildman–Crippen MR) is 121 cm³/mol. The maximum absolute atomic E-state index is 12.7. The van der Waals surface area contributed by atoms with Gasteiger partial charge < -0.3 is 20.3 Å². The number of fused-ring (bicyclic) bond motifs is 1. The minimum Gasteiger partial charge on any atom is -0.480 e. The molecule has 1 saturated heterocycles. The Morgan fingerprint density at radius 2 is 1.69 bits per heavy atom. The van der Waals surface area contributed by atoms with Crippen LogP contribution in [0.15, 0.2) is 53.3 Å². The van der Waals surface area contributed by atoms with Crippen LogP contribution in [0.2, 0.25) is 0 Å². The molecule has 4 rings (SSSR count). The first-order chi connectivity index (χ1) is 15.5. The van der Waals surface area contributed by atoms with Gasteiger partial charge in [-0.15, -0.1) is 0 Å². The molecule has 1 amide bonds. The molecule has 168 valence electrons. The highest BCUT2D eigenvalue weighted by atomic mass is 16.4. The van der Waals surface area contributed by atoms with E-state index in [4.69, 9.17) is 5.11 Å². The van der Waals surface area contributed by atoms with E-state index in [0.29, 0.717) is 17.6 Å². The minimum atomic E-state index is -0.794. The molecule has 1 aliphatic heterocycles. The first-order valence-corrected chi connectivity index (χ1v) is 10.7. The van der Waals surface area contributed by atoms with Gasteiger partial charge in [0.25, 0.3) is 0 Å². The SMILES string of the molecule is O=C(O)CN1CCN(CCc2ccc3[nH]c(=O)n(C(=O)NCc4ccccc4)c3c2)CC1. The van der Waals surface area contributed by atoms with Crippen LogP contribution in [0.4, 0.5) is 4.79 Å². The van der Waals surface area contributed by atoms with Gasteiger partial charge in [0.2, 0.25) is 0 Å². The van der Waals surface area contributed by atoms with Gasteiger partial charge in [-0.1, -0.05) is 36.4 Å². The summed E-state index contributed by atoms with van der Waals surface area (Å²) in [5.41, 5.74) is 2.71. The molecule has 0 unspecified atom stereocenters. The first kappa shape index (κ1) is 21.8. The van der Waals surface area contributed by atoms with Crippen molar-refractivity contribution in [2.45, 2.75) is 13.0 Å². The molecule has 1 aliphatic rings.